The Morgan fingerprint density at radius 1 is 1.43 bits per heavy atom. The Bertz CT molecular complexity index is 551. The Hall–Kier alpha value is -1.39. The monoisotopic (exact) mass is 303 g/mol. The lowest BCUT2D eigenvalue weighted by Gasteiger charge is -2.27. The molecular formula is C17H25N3S. The molecule has 0 bridgehead atoms. The van der Waals surface area contributed by atoms with Gasteiger partial charge in [-0.2, -0.15) is 0 Å². The summed E-state index contributed by atoms with van der Waals surface area (Å²) in [5.74, 6) is 1.08. The number of pyridine rings is 1. The van der Waals surface area contributed by atoms with E-state index in [9.17, 15) is 0 Å². The number of aromatic nitrogens is 1. The quantitative estimate of drug-likeness (QED) is 0.846. The molecule has 2 aromatic rings. The molecule has 4 heteroatoms. The van der Waals surface area contributed by atoms with Crippen LogP contribution in [0.5, 0.6) is 0 Å². The molecular weight excluding hydrogens is 278 g/mol. The van der Waals surface area contributed by atoms with Crippen LogP contribution >= 0.6 is 11.3 Å². The van der Waals surface area contributed by atoms with E-state index in [1.54, 1.807) is 0 Å². The molecule has 0 fully saturated rings. The van der Waals surface area contributed by atoms with Gasteiger partial charge in [0.25, 0.3) is 0 Å². The number of nitrogens with zero attached hydrogens (tertiary/aromatic N) is 2. The van der Waals surface area contributed by atoms with Gasteiger partial charge in [-0.05, 0) is 49.0 Å². The highest BCUT2D eigenvalue weighted by atomic mass is 32.1. The van der Waals surface area contributed by atoms with Crippen LogP contribution in [0.4, 0.5) is 5.82 Å². The van der Waals surface area contributed by atoms with E-state index >= 15 is 0 Å². The van der Waals surface area contributed by atoms with E-state index in [1.807, 2.05) is 17.5 Å². The molecule has 0 saturated heterocycles. The topological polar surface area (TPSA) is 28.2 Å². The maximum Gasteiger partial charge on any atom is 0.131 e. The standard InChI is InChI=1S/C17H25N3S/c1-5-18-11-15-9-13(2)17(19-12-15)20(4)14(3)10-16-7-6-8-21-16/h6-9,12,14,18H,5,10-11H2,1-4H3. The highest BCUT2D eigenvalue weighted by Gasteiger charge is 2.14. The second-order valence-corrected chi connectivity index (χ2v) is 6.54. The van der Waals surface area contributed by atoms with E-state index in [4.69, 9.17) is 0 Å². The van der Waals surface area contributed by atoms with Crippen LogP contribution < -0.4 is 10.2 Å². The Labute approximate surface area is 132 Å². The van der Waals surface area contributed by atoms with Gasteiger partial charge in [0.1, 0.15) is 5.82 Å². The fourth-order valence-corrected chi connectivity index (χ4v) is 3.25. The predicted molar refractivity (Wildman–Crippen MR) is 92.2 cm³/mol. The molecule has 0 aliphatic rings. The number of anilines is 1. The molecule has 0 spiro atoms. The van der Waals surface area contributed by atoms with Crippen LogP contribution in [0.3, 0.4) is 0 Å². The summed E-state index contributed by atoms with van der Waals surface area (Å²) in [6.45, 7) is 8.39. The number of rotatable bonds is 7. The van der Waals surface area contributed by atoms with E-state index in [1.165, 1.54) is 16.0 Å². The third-order valence-corrected chi connectivity index (χ3v) is 4.66. The molecule has 0 aromatic carbocycles. The lowest BCUT2D eigenvalue weighted by atomic mass is 10.1. The number of likely N-dealkylation sites (N-methyl/N-ethyl adjacent to an activating group) is 1. The molecule has 0 saturated carbocycles. The van der Waals surface area contributed by atoms with Crippen LogP contribution in [0.1, 0.15) is 29.9 Å². The molecule has 114 valence electrons. The normalized spacial score (nSPS) is 12.4. The zero-order chi connectivity index (χ0) is 15.2. The van der Waals surface area contributed by atoms with Gasteiger partial charge in [-0.25, -0.2) is 4.98 Å². The van der Waals surface area contributed by atoms with E-state index in [2.05, 4.69) is 66.6 Å². The summed E-state index contributed by atoms with van der Waals surface area (Å²) < 4.78 is 0. The van der Waals surface area contributed by atoms with E-state index in [-0.39, 0.29) is 0 Å². The Balaban J connectivity index is 2.05. The van der Waals surface area contributed by atoms with Crippen LogP contribution in [-0.2, 0) is 13.0 Å². The number of thiophene rings is 1. The summed E-state index contributed by atoms with van der Waals surface area (Å²) in [6.07, 6.45) is 3.05. The summed E-state index contributed by atoms with van der Waals surface area (Å²) in [7, 11) is 2.14. The van der Waals surface area contributed by atoms with Crippen LogP contribution in [0, 0.1) is 6.92 Å². The molecule has 0 amide bonds. The smallest absolute Gasteiger partial charge is 0.131 e. The first-order chi connectivity index (χ1) is 10.1. The molecule has 3 nitrogen and oxygen atoms in total. The summed E-state index contributed by atoms with van der Waals surface area (Å²) in [6, 6.07) is 6.99. The summed E-state index contributed by atoms with van der Waals surface area (Å²) >= 11 is 1.82. The Morgan fingerprint density at radius 2 is 2.24 bits per heavy atom. The first kappa shape index (κ1) is 16.0. The third-order valence-electron chi connectivity index (χ3n) is 3.76. The van der Waals surface area contributed by atoms with Gasteiger partial charge >= 0.3 is 0 Å². The van der Waals surface area contributed by atoms with Crippen LogP contribution in [0.2, 0.25) is 0 Å². The van der Waals surface area contributed by atoms with E-state index in [0.717, 1.165) is 25.3 Å². The van der Waals surface area contributed by atoms with Gasteiger partial charge < -0.3 is 10.2 Å². The maximum atomic E-state index is 4.67. The molecule has 0 aliphatic heterocycles. The summed E-state index contributed by atoms with van der Waals surface area (Å²) in [4.78, 5) is 8.38. The molecule has 21 heavy (non-hydrogen) atoms. The van der Waals surface area contributed by atoms with Crippen molar-refractivity contribution in [3.8, 4) is 0 Å². The first-order valence-corrected chi connectivity index (χ1v) is 8.41. The average molecular weight is 303 g/mol. The van der Waals surface area contributed by atoms with Crippen molar-refractivity contribution in [2.45, 2.75) is 39.8 Å². The molecule has 1 atom stereocenters. The second-order valence-electron chi connectivity index (χ2n) is 5.51. The first-order valence-electron chi connectivity index (χ1n) is 7.53. The van der Waals surface area contributed by atoms with Crippen molar-refractivity contribution in [2.75, 3.05) is 18.5 Å². The van der Waals surface area contributed by atoms with Gasteiger partial charge in [-0.15, -0.1) is 11.3 Å². The minimum Gasteiger partial charge on any atom is -0.356 e. The molecule has 1 N–H and O–H groups in total. The van der Waals surface area contributed by atoms with Gasteiger partial charge in [-0.3, -0.25) is 0 Å². The van der Waals surface area contributed by atoms with Gasteiger partial charge in [0.15, 0.2) is 0 Å². The van der Waals surface area contributed by atoms with Crippen molar-refractivity contribution in [2.24, 2.45) is 0 Å². The SMILES string of the molecule is CCNCc1cnc(N(C)C(C)Cc2cccs2)c(C)c1. The minimum atomic E-state index is 0.439. The lowest BCUT2D eigenvalue weighted by Crippen LogP contribution is -2.31. The zero-order valence-corrected chi connectivity index (χ0v) is 14.2. The highest BCUT2D eigenvalue weighted by Crippen LogP contribution is 2.21. The number of nitrogens with one attached hydrogen (secondary N) is 1. The van der Waals surface area contributed by atoms with Crippen LogP contribution in [0.15, 0.2) is 29.8 Å². The molecule has 2 heterocycles. The molecule has 1 unspecified atom stereocenters. The minimum absolute atomic E-state index is 0.439. The molecule has 2 rings (SSSR count). The fourth-order valence-electron chi connectivity index (χ4n) is 2.43. The van der Waals surface area contributed by atoms with Crippen molar-refractivity contribution in [3.63, 3.8) is 0 Å². The van der Waals surface area contributed by atoms with E-state index < -0.39 is 0 Å². The lowest BCUT2D eigenvalue weighted by molar-refractivity contribution is 0.676. The van der Waals surface area contributed by atoms with Crippen molar-refractivity contribution in [1.29, 1.82) is 0 Å². The molecule has 0 radical (unpaired) electrons. The number of aryl methyl sites for hydroxylation is 1. The van der Waals surface area contributed by atoms with Gasteiger partial charge in [0.05, 0.1) is 0 Å². The van der Waals surface area contributed by atoms with Crippen molar-refractivity contribution < 1.29 is 0 Å². The second kappa shape index (κ2) is 7.57. The summed E-state index contributed by atoms with van der Waals surface area (Å²) in [5.41, 5.74) is 2.49. The van der Waals surface area contributed by atoms with Gasteiger partial charge in [-0.1, -0.05) is 13.0 Å². The molecule has 2 aromatic heterocycles. The number of hydrogen-bond acceptors (Lipinski definition) is 4. The molecule has 0 aliphatic carbocycles. The van der Waals surface area contributed by atoms with Crippen molar-refractivity contribution >= 4 is 17.2 Å². The van der Waals surface area contributed by atoms with Gasteiger partial charge in [0.2, 0.25) is 0 Å². The maximum absolute atomic E-state index is 4.67. The summed E-state index contributed by atoms with van der Waals surface area (Å²) in [5, 5.41) is 5.48. The van der Waals surface area contributed by atoms with Crippen LogP contribution in [0.25, 0.3) is 0 Å². The van der Waals surface area contributed by atoms with Gasteiger partial charge in [0, 0.05) is 37.1 Å². The van der Waals surface area contributed by atoms with Crippen molar-refractivity contribution in [3.05, 3.63) is 45.8 Å². The predicted octanol–water partition coefficient (Wildman–Crippen LogP) is 3.63. The number of hydrogen-bond donors (Lipinski definition) is 1. The van der Waals surface area contributed by atoms with E-state index in [0.29, 0.717) is 6.04 Å². The largest absolute Gasteiger partial charge is 0.356 e. The zero-order valence-electron chi connectivity index (χ0n) is 13.4. The van der Waals surface area contributed by atoms with Crippen LogP contribution in [-0.4, -0.2) is 24.6 Å². The average Bonchev–Trinajstić information content (AvgIpc) is 2.97. The third kappa shape index (κ3) is 4.29. The Kier molecular flexibility index (Phi) is 5.76. The van der Waals surface area contributed by atoms with Crippen molar-refractivity contribution in [1.82, 2.24) is 10.3 Å². The highest BCUT2D eigenvalue weighted by molar-refractivity contribution is 7.09. The Morgan fingerprint density at radius 3 is 2.86 bits per heavy atom. The fraction of sp³-hybridized carbons (Fsp3) is 0.471.